The van der Waals surface area contributed by atoms with Gasteiger partial charge in [0.05, 0.1) is 22.4 Å². The van der Waals surface area contributed by atoms with E-state index in [1.54, 1.807) is 30.7 Å². The molecule has 0 saturated carbocycles. The van der Waals surface area contributed by atoms with Gasteiger partial charge in [0.25, 0.3) is 5.91 Å². The first-order valence-corrected chi connectivity index (χ1v) is 11.7. The molecule has 3 aromatic rings. The second-order valence-electron chi connectivity index (χ2n) is 7.09. The van der Waals surface area contributed by atoms with Gasteiger partial charge < -0.3 is 15.2 Å². The first-order chi connectivity index (χ1) is 15.3. The molecule has 168 valence electrons. The number of thioether (sulfide) groups is 1. The van der Waals surface area contributed by atoms with Gasteiger partial charge in [-0.3, -0.25) is 9.59 Å². The number of benzene rings is 2. The van der Waals surface area contributed by atoms with Crippen LogP contribution in [0, 0.1) is 0 Å². The van der Waals surface area contributed by atoms with E-state index >= 15 is 0 Å². The molecule has 7 nitrogen and oxygen atoms in total. The van der Waals surface area contributed by atoms with E-state index in [1.165, 1.54) is 23.4 Å². The fraction of sp³-hybridized carbons (Fsp3) is 0.273. The van der Waals surface area contributed by atoms with Crippen molar-refractivity contribution in [2.24, 2.45) is 7.05 Å². The zero-order valence-electron chi connectivity index (χ0n) is 17.6. The summed E-state index contributed by atoms with van der Waals surface area (Å²) in [6, 6.07) is 14.3. The molecule has 3 rings (SSSR count). The van der Waals surface area contributed by atoms with Crippen LogP contribution in [-0.4, -0.2) is 38.9 Å². The summed E-state index contributed by atoms with van der Waals surface area (Å²) in [6.45, 7) is 2.38. The number of amides is 2. The van der Waals surface area contributed by atoms with Crippen LogP contribution < -0.4 is 10.6 Å². The predicted molar refractivity (Wildman–Crippen MR) is 127 cm³/mol. The molecule has 2 aromatic carbocycles. The van der Waals surface area contributed by atoms with Crippen LogP contribution in [-0.2, 0) is 18.3 Å². The van der Waals surface area contributed by atoms with Crippen molar-refractivity contribution in [3.8, 4) is 0 Å². The first kappa shape index (κ1) is 24.1. The molecule has 1 heterocycles. The Morgan fingerprint density at radius 2 is 1.88 bits per heavy atom. The van der Waals surface area contributed by atoms with Crippen molar-refractivity contribution >= 4 is 46.8 Å². The summed E-state index contributed by atoms with van der Waals surface area (Å²) in [5.74, 6) is 0.376. The van der Waals surface area contributed by atoms with E-state index in [0.717, 1.165) is 6.42 Å². The van der Waals surface area contributed by atoms with Gasteiger partial charge in [-0.1, -0.05) is 65.3 Å². The maximum Gasteiger partial charge on any atom is 0.253 e. The van der Waals surface area contributed by atoms with Gasteiger partial charge in [-0.2, -0.15) is 0 Å². The maximum absolute atomic E-state index is 12.5. The van der Waals surface area contributed by atoms with Crippen LogP contribution >= 0.6 is 35.0 Å². The molecule has 10 heteroatoms. The number of halogens is 2. The zero-order valence-corrected chi connectivity index (χ0v) is 20.0. The number of carbonyl (C=O) groups excluding carboxylic acids is 2. The lowest BCUT2D eigenvalue weighted by molar-refractivity contribution is -0.118. The smallest absolute Gasteiger partial charge is 0.253 e. The van der Waals surface area contributed by atoms with Crippen molar-refractivity contribution in [3.63, 3.8) is 0 Å². The van der Waals surface area contributed by atoms with Crippen LogP contribution in [0.2, 0.25) is 10.0 Å². The highest BCUT2D eigenvalue weighted by Crippen LogP contribution is 2.23. The molecule has 2 amide bonds. The van der Waals surface area contributed by atoms with Crippen molar-refractivity contribution in [3.05, 3.63) is 75.5 Å². The van der Waals surface area contributed by atoms with E-state index in [1.807, 2.05) is 30.3 Å². The van der Waals surface area contributed by atoms with Crippen molar-refractivity contribution in [2.75, 3.05) is 12.3 Å². The largest absolute Gasteiger partial charge is 0.355 e. The van der Waals surface area contributed by atoms with Crippen molar-refractivity contribution in [1.82, 2.24) is 25.4 Å². The van der Waals surface area contributed by atoms with E-state index in [2.05, 4.69) is 20.8 Å². The maximum atomic E-state index is 12.5. The van der Waals surface area contributed by atoms with Crippen LogP contribution in [0.4, 0.5) is 0 Å². The number of rotatable bonds is 9. The van der Waals surface area contributed by atoms with Gasteiger partial charge in [0.15, 0.2) is 11.0 Å². The Kier molecular flexibility index (Phi) is 8.55. The average Bonchev–Trinajstić information content (AvgIpc) is 3.13. The Morgan fingerprint density at radius 1 is 1.12 bits per heavy atom. The number of carbonyl (C=O) groups is 2. The molecule has 0 spiro atoms. The molecular formula is C22H23Cl2N5O2S. The van der Waals surface area contributed by atoms with Crippen molar-refractivity contribution in [2.45, 2.75) is 24.5 Å². The van der Waals surface area contributed by atoms with Crippen LogP contribution in [0.5, 0.6) is 0 Å². The highest BCUT2D eigenvalue weighted by molar-refractivity contribution is 7.99. The topological polar surface area (TPSA) is 88.9 Å². The summed E-state index contributed by atoms with van der Waals surface area (Å²) in [6.07, 6.45) is 0.778. The lowest BCUT2D eigenvalue weighted by atomic mass is 10.1. The van der Waals surface area contributed by atoms with Crippen LogP contribution in [0.3, 0.4) is 0 Å². The standard InChI is InChI=1S/C22H23Cl2N5O2S/c1-14(26-21(31)17-9-8-16(23)12-18(17)24)20-27-28-22(29(20)2)32-13-19(30)25-11-10-15-6-4-3-5-7-15/h3-9,12,14H,10-11,13H2,1-2H3,(H,25,30)(H,26,31). The Labute approximate surface area is 200 Å². The summed E-state index contributed by atoms with van der Waals surface area (Å²) < 4.78 is 1.76. The Balaban J connectivity index is 1.50. The SMILES string of the molecule is CC(NC(=O)c1ccc(Cl)cc1Cl)c1nnc(SCC(=O)NCCc2ccccc2)n1C. The van der Waals surface area contributed by atoms with E-state index in [-0.39, 0.29) is 22.6 Å². The Morgan fingerprint density at radius 3 is 2.59 bits per heavy atom. The summed E-state index contributed by atoms with van der Waals surface area (Å²) in [7, 11) is 1.79. The van der Waals surface area contributed by atoms with Crippen molar-refractivity contribution < 1.29 is 9.59 Å². The molecule has 0 aliphatic rings. The third-order valence-corrected chi connectivity index (χ3v) is 6.26. The third kappa shape index (κ3) is 6.48. The average molecular weight is 492 g/mol. The van der Waals surface area contributed by atoms with E-state index < -0.39 is 6.04 Å². The minimum atomic E-state index is -0.416. The Bertz CT molecular complexity index is 1090. The van der Waals surface area contributed by atoms with Crippen molar-refractivity contribution in [1.29, 1.82) is 0 Å². The van der Waals surface area contributed by atoms with E-state index in [4.69, 9.17) is 23.2 Å². The molecule has 0 saturated heterocycles. The normalized spacial score (nSPS) is 11.8. The highest BCUT2D eigenvalue weighted by Gasteiger charge is 2.20. The lowest BCUT2D eigenvalue weighted by Crippen LogP contribution is -2.29. The second kappa shape index (κ2) is 11.4. The molecule has 0 aliphatic heterocycles. The quantitative estimate of drug-likeness (QED) is 0.440. The van der Waals surface area contributed by atoms with Crippen LogP contribution in [0.15, 0.2) is 53.7 Å². The Hall–Kier alpha value is -2.55. The zero-order chi connectivity index (χ0) is 23.1. The number of aromatic nitrogens is 3. The van der Waals surface area contributed by atoms with Gasteiger partial charge in [0.1, 0.15) is 0 Å². The molecule has 1 atom stereocenters. The van der Waals surface area contributed by atoms with Crippen LogP contribution in [0.25, 0.3) is 0 Å². The molecule has 0 bridgehead atoms. The fourth-order valence-corrected chi connectivity index (χ4v) is 4.26. The van der Waals surface area contributed by atoms with E-state index in [0.29, 0.717) is 28.1 Å². The van der Waals surface area contributed by atoms with Gasteiger partial charge in [-0.25, -0.2) is 0 Å². The third-order valence-electron chi connectivity index (χ3n) is 4.69. The second-order valence-corrected chi connectivity index (χ2v) is 8.88. The highest BCUT2D eigenvalue weighted by atomic mass is 35.5. The predicted octanol–water partition coefficient (Wildman–Crippen LogP) is 4.06. The number of hydrogen-bond donors (Lipinski definition) is 2. The van der Waals surface area contributed by atoms with Gasteiger partial charge in [0.2, 0.25) is 5.91 Å². The fourth-order valence-electron chi connectivity index (χ4n) is 3.01. The molecule has 2 N–H and O–H groups in total. The molecule has 32 heavy (non-hydrogen) atoms. The summed E-state index contributed by atoms with van der Waals surface area (Å²) in [5.41, 5.74) is 1.50. The minimum Gasteiger partial charge on any atom is -0.355 e. The number of nitrogens with one attached hydrogen (secondary N) is 2. The number of nitrogens with zero attached hydrogens (tertiary/aromatic N) is 3. The molecule has 0 fully saturated rings. The summed E-state index contributed by atoms with van der Waals surface area (Å²) >= 11 is 13.3. The van der Waals surface area contributed by atoms with Gasteiger partial charge in [-0.05, 0) is 37.1 Å². The molecule has 0 aliphatic carbocycles. The van der Waals surface area contributed by atoms with Gasteiger partial charge in [0, 0.05) is 18.6 Å². The van der Waals surface area contributed by atoms with E-state index in [9.17, 15) is 9.59 Å². The molecule has 1 unspecified atom stereocenters. The summed E-state index contributed by atoms with van der Waals surface area (Å²) in [4.78, 5) is 24.7. The molecular weight excluding hydrogens is 469 g/mol. The van der Waals surface area contributed by atoms with Gasteiger partial charge in [-0.15, -0.1) is 10.2 Å². The first-order valence-electron chi connectivity index (χ1n) is 9.93. The molecule has 1 aromatic heterocycles. The van der Waals surface area contributed by atoms with Gasteiger partial charge >= 0.3 is 0 Å². The summed E-state index contributed by atoms with van der Waals surface area (Å²) in [5, 5.41) is 15.4. The molecule has 0 radical (unpaired) electrons. The van der Waals surface area contributed by atoms with Crippen LogP contribution in [0.1, 0.15) is 34.7 Å². The monoisotopic (exact) mass is 491 g/mol. The lowest BCUT2D eigenvalue weighted by Gasteiger charge is -2.14. The minimum absolute atomic E-state index is 0.0748. The number of hydrogen-bond acceptors (Lipinski definition) is 5.